The van der Waals surface area contributed by atoms with Gasteiger partial charge in [0.25, 0.3) is 0 Å². The first-order chi connectivity index (χ1) is 6.17. The van der Waals surface area contributed by atoms with Gasteiger partial charge in [-0.2, -0.15) is 0 Å². The molecule has 0 rings (SSSR count). The highest BCUT2D eigenvalue weighted by molar-refractivity contribution is 9.09. The van der Waals surface area contributed by atoms with Crippen LogP contribution in [0.2, 0.25) is 0 Å². The van der Waals surface area contributed by atoms with E-state index >= 15 is 0 Å². The fourth-order valence-corrected chi connectivity index (χ4v) is 1.93. The molecule has 0 radical (unpaired) electrons. The average molecular weight is 272 g/mol. The van der Waals surface area contributed by atoms with Gasteiger partial charge in [0.2, 0.25) is 0 Å². The number of carboxylic acid groups (broad SMARTS) is 1. The number of halogens is 1. The minimum Gasteiger partial charge on any atom is -0.481 e. The number of alkyl halides is 1. The maximum atomic E-state index is 10.7. The molecule has 0 amide bonds. The summed E-state index contributed by atoms with van der Waals surface area (Å²) in [7, 11) is -0.516. The van der Waals surface area contributed by atoms with Crippen molar-refractivity contribution in [2.75, 3.05) is 11.9 Å². The van der Waals surface area contributed by atoms with E-state index in [-0.39, 0.29) is 5.33 Å². The first-order valence-electron chi connectivity index (χ1n) is 3.64. The molecule has 0 saturated heterocycles. The predicted molar refractivity (Wildman–Crippen MR) is 51.1 cm³/mol. The van der Waals surface area contributed by atoms with Crippen LogP contribution in [0.4, 0.5) is 0 Å². The molecule has 0 aliphatic rings. The molecule has 0 aliphatic heterocycles. The van der Waals surface area contributed by atoms with Crippen LogP contribution >= 0.6 is 24.6 Å². The van der Waals surface area contributed by atoms with Gasteiger partial charge < -0.3 is 10.8 Å². The summed E-state index contributed by atoms with van der Waals surface area (Å²) in [6, 6.07) is 0. The van der Waals surface area contributed by atoms with Crippen molar-refractivity contribution in [2.24, 2.45) is 11.7 Å². The maximum absolute atomic E-state index is 10.7. The van der Waals surface area contributed by atoms with Gasteiger partial charge in [0.1, 0.15) is 0 Å². The van der Waals surface area contributed by atoms with Crippen LogP contribution in [0.1, 0.15) is 6.42 Å². The first-order valence-corrected chi connectivity index (χ1v) is 5.49. The quantitative estimate of drug-likeness (QED) is 0.533. The third kappa shape index (κ3) is 4.67. The molecular formula is C6H11BrNO4P. The van der Waals surface area contributed by atoms with Crippen molar-refractivity contribution in [2.45, 2.75) is 12.5 Å². The van der Waals surface area contributed by atoms with Crippen LogP contribution in [0, 0.1) is 5.92 Å². The largest absolute Gasteiger partial charge is 0.481 e. The Bertz CT molecular complexity index is 180. The molecule has 3 N–H and O–H groups in total. The van der Waals surface area contributed by atoms with E-state index in [1.807, 2.05) is 0 Å². The van der Waals surface area contributed by atoms with E-state index in [2.05, 4.69) is 15.9 Å². The summed E-state index contributed by atoms with van der Waals surface area (Å²) in [5.74, 6) is -1.70. The Morgan fingerprint density at radius 3 is 2.62 bits per heavy atom. The SMILES string of the molecule is NCCC(OP=O)C(CBr)C(=O)O. The van der Waals surface area contributed by atoms with Gasteiger partial charge in [-0.25, -0.2) is 4.57 Å². The van der Waals surface area contributed by atoms with Gasteiger partial charge in [-0.05, 0) is 13.0 Å². The molecule has 0 spiro atoms. The lowest BCUT2D eigenvalue weighted by atomic mass is 10.0. The third-order valence-corrected chi connectivity index (χ3v) is 2.62. The molecule has 0 aliphatic carbocycles. The summed E-state index contributed by atoms with van der Waals surface area (Å²) in [6.07, 6.45) is -0.237. The summed E-state index contributed by atoms with van der Waals surface area (Å²) in [6.45, 7) is 0.303. The molecule has 7 heteroatoms. The highest BCUT2D eigenvalue weighted by atomic mass is 79.9. The van der Waals surface area contributed by atoms with E-state index in [1.54, 1.807) is 0 Å². The lowest BCUT2D eigenvalue weighted by molar-refractivity contribution is -0.143. The van der Waals surface area contributed by atoms with Crippen molar-refractivity contribution < 1.29 is 19.0 Å². The van der Waals surface area contributed by atoms with E-state index in [1.165, 1.54) is 0 Å². The average Bonchev–Trinajstić information content (AvgIpc) is 2.05. The molecule has 0 heterocycles. The van der Waals surface area contributed by atoms with Crippen LogP contribution in [-0.2, 0) is 13.9 Å². The summed E-state index contributed by atoms with van der Waals surface area (Å²) in [4.78, 5) is 10.7. The van der Waals surface area contributed by atoms with Crippen molar-refractivity contribution in [3.05, 3.63) is 0 Å². The van der Waals surface area contributed by atoms with Crippen LogP contribution in [0.5, 0.6) is 0 Å². The van der Waals surface area contributed by atoms with Gasteiger partial charge in [0, 0.05) is 5.33 Å². The van der Waals surface area contributed by atoms with E-state index in [0.29, 0.717) is 13.0 Å². The molecular weight excluding hydrogens is 261 g/mol. The van der Waals surface area contributed by atoms with E-state index in [4.69, 9.17) is 15.4 Å². The Morgan fingerprint density at radius 2 is 2.31 bits per heavy atom. The van der Waals surface area contributed by atoms with E-state index < -0.39 is 26.7 Å². The number of rotatable bonds is 7. The smallest absolute Gasteiger partial charge is 0.327 e. The fourth-order valence-electron chi connectivity index (χ4n) is 0.871. The summed E-state index contributed by atoms with van der Waals surface area (Å²) in [5.41, 5.74) is 5.26. The summed E-state index contributed by atoms with van der Waals surface area (Å²) in [5, 5.41) is 8.99. The molecule has 2 unspecified atom stereocenters. The van der Waals surface area contributed by atoms with Crippen LogP contribution in [0.15, 0.2) is 0 Å². The zero-order valence-corrected chi connectivity index (χ0v) is 9.33. The van der Waals surface area contributed by atoms with Gasteiger partial charge >= 0.3 is 14.7 Å². The number of hydrogen-bond donors (Lipinski definition) is 2. The monoisotopic (exact) mass is 271 g/mol. The Morgan fingerprint density at radius 1 is 1.69 bits per heavy atom. The molecule has 0 aromatic rings. The minimum atomic E-state index is -0.987. The predicted octanol–water partition coefficient (Wildman–Crippen LogP) is 1.02. The molecule has 0 aromatic carbocycles. The Kier molecular flexibility index (Phi) is 7.36. The molecule has 5 nitrogen and oxygen atoms in total. The first kappa shape index (κ1) is 13.0. The Labute approximate surface area is 86.0 Å². The molecule has 2 atom stereocenters. The van der Waals surface area contributed by atoms with Gasteiger partial charge in [0.05, 0.1) is 12.0 Å². The number of nitrogens with two attached hydrogens (primary N) is 1. The second-order valence-electron chi connectivity index (χ2n) is 2.39. The van der Waals surface area contributed by atoms with Crippen molar-refractivity contribution in [3.63, 3.8) is 0 Å². The van der Waals surface area contributed by atoms with Crippen LogP contribution < -0.4 is 5.73 Å². The summed E-state index contributed by atoms with van der Waals surface area (Å²) >= 11 is 3.05. The Hall–Kier alpha value is -0.0300. The van der Waals surface area contributed by atoms with Gasteiger partial charge in [-0.1, -0.05) is 15.9 Å². The van der Waals surface area contributed by atoms with Gasteiger partial charge in [-0.3, -0.25) is 9.32 Å². The second kappa shape index (κ2) is 7.38. The normalized spacial score (nSPS) is 15.5. The molecule has 0 bridgehead atoms. The third-order valence-electron chi connectivity index (χ3n) is 1.56. The molecule has 0 fully saturated rings. The van der Waals surface area contributed by atoms with Crippen LogP contribution in [0.25, 0.3) is 0 Å². The lowest BCUT2D eigenvalue weighted by Crippen LogP contribution is -2.31. The maximum Gasteiger partial charge on any atom is 0.327 e. The van der Waals surface area contributed by atoms with Gasteiger partial charge in [-0.15, -0.1) is 0 Å². The van der Waals surface area contributed by atoms with Crippen molar-refractivity contribution in [3.8, 4) is 0 Å². The number of carbonyl (C=O) groups is 1. The van der Waals surface area contributed by atoms with E-state index in [0.717, 1.165) is 0 Å². The second-order valence-corrected chi connectivity index (χ2v) is 3.40. The van der Waals surface area contributed by atoms with Crippen molar-refractivity contribution in [1.29, 1.82) is 0 Å². The zero-order chi connectivity index (χ0) is 10.3. The molecule has 0 aromatic heterocycles. The zero-order valence-electron chi connectivity index (χ0n) is 6.85. The summed E-state index contributed by atoms with van der Waals surface area (Å²) < 4.78 is 14.9. The van der Waals surface area contributed by atoms with Crippen molar-refractivity contribution in [1.82, 2.24) is 0 Å². The topological polar surface area (TPSA) is 89.6 Å². The highest BCUT2D eigenvalue weighted by Crippen LogP contribution is 2.18. The standard InChI is InChI=1S/C6H11BrNO4P/c7-3-4(6(9)10)5(1-2-8)12-13-11/h4-5H,1-3,8H2,(H,9,10). The van der Waals surface area contributed by atoms with Gasteiger partial charge in [0.15, 0.2) is 0 Å². The number of carboxylic acids is 1. The van der Waals surface area contributed by atoms with E-state index in [9.17, 15) is 9.36 Å². The highest BCUT2D eigenvalue weighted by Gasteiger charge is 2.27. The fraction of sp³-hybridized carbons (Fsp3) is 0.833. The van der Waals surface area contributed by atoms with Crippen LogP contribution in [-0.4, -0.2) is 29.1 Å². The molecule has 76 valence electrons. The number of hydrogen-bond acceptors (Lipinski definition) is 4. The number of aliphatic carboxylic acids is 1. The Balaban J connectivity index is 4.27. The molecule has 13 heavy (non-hydrogen) atoms. The van der Waals surface area contributed by atoms with Crippen molar-refractivity contribution >= 4 is 30.6 Å². The minimum absolute atomic E-state index is 0.252. The molecule has 0 saturated carbocycles. The lowest BCUT2D eigenvalue weighted by Gasteiger charge is -2.18. The van der Waals surface area contributed by atoms with Crippen LogP contribution in [0.3, 0.4) is 0 Å².